The first-order chi connectivity index (χ1) is 11.3. The van der Waals surface area contributed by atoms with Crippen molar-refractivity contribution in [3.63, 3.8) is 0 Å². The smallest absolute Gasteiger partial charge is 0.132 e. The van der Waals surface area contributed by atoms with Gasteiger partial charge in [-0.15, -0.1) is 11.8 Å². The number of halogens is 1. The number of morpholine rings is 1. The van der Waals surface area contributed by atoms with Crippen LogP contribution in [0.3, 0.4) is 0 Å². The van der Waals surface area contributed by atoms with Gasteiger partial charge < -0.3 is 14.8 Å². The Labute approximate surface area is 140 Å². The van der Waals surface area contributed by atoms with Gasteiger partial charge in [-0.1, -0.05) is 30.3 Å². The van der Waals surface area contributed by atoms with E-state index in [0.29, 0.717) is 18.7 Å². The van der Waals surface area contributed by atoms with Crippen LogP contribution in [0, 0.1) is 5.82 Å². The third kappa shape index (κ3) is 3.86. The van der Waals surface area contributed by atoms with E-state index in [1.807, 2.05) is 36.4 Å². The molecule has 0 aromatic heterocycles. The summed E-state index contributed by atoms with van der Waals surface area (Å²) in [6, 6.07) is 14.7. The van der Waals surface area contributed by atoms with Crippen molar-refractivity contribution >= 4 is 11.8 Å². The molecule has 2 aromatic rings. The Morgan fingerprint density at radius 3 is 2.74 bits per heavy atom. The van der Waals surface area contributed by atoms with E-state index in [9.17, 15) is 4.39 Å². The van der Waals surface area contributed by atoms with E-state index in [0.717, 1.165) is 17.2 Å². The monoisotopic (exact) mass is 333 g/mol. The number of benzene rings is 2. The summed E-state index contributed by atoms with van der Waals surface area (Å²) in [5.41, 5.74) is 0.664. The van der Waals surface area contributed by atoms with Crippen molar-refractivity contribution in [2.75, 3.05) is 26.8 Å². The second-order valence-corrected chi connectivity index (χ2v) is 6.51. The molecule has 0 radical (unpaired) electrons. The normalized spacial score (nSPS) is 19.3. The van der Waals surface area contributed by atoms with Crippen LogP contribution in [0.1, 0.15) is 10.8 Å². The molecule has 122 valence electrons. The maximum atomic E-state index is 14.4. The van der Waals surface area contributed by atoms with Gasteiger partial charge in [0.05, 0.1) is 30.0 Å². The average Bonchev–Trinajstić information content (AvgIpc) is 2.61. The van der Waals surface area contributed by atoms with Crippen molar-refractivity contribution in [3.05, 3.63) is 59.9 Å². The lowest BCUT2D eigenvalue weighted by atomic mass is 10.1. The van der Waals surface area contributed by atoms with Gasteiger partial charge >= 0.3 is 0 Å². The molecule has 2 aromatic carbocycles. The summed E-state index contributed by atoms with van der Waals surface area (Å²) < 4.78 is 25.7. The van der Waals surface area contributed by atoms with Crippen LogP contribution in [0.15, 0.2) is 53.4 Å². The summed E-state index contributed by atoms with van der Waals surface area (Å²) in [6.07, 6.45) is -0.0874. The fourth-order valence-corrected chi connectivity index (χ4v) is 4.02. The van der Waals surface area contributed by atoms with Crippen molar-refractivity contribution in [2.24, 2.45) is 0 Å². The van der Waals surface area contributed by atoms with Gasteiger partial charge in [0, 0.05) is 18.7 Å². The molecule has 3 rings (SSSR count). The van der Waals surface area contributed by atoms with Gasteiger partial charge in [-0.2, -0.15) is 0 Å². The molecule has 0 bridgehead atoms. The van der Waals surface area contributed by atoms with Gasteiger partial charge in [-0.25, -0.2) is 4.39 Å². The number of methoxy groups -OCH3 is 1. The lowest BCUT2D eigenvalue weighted by Crippen LogP contribution is -2.41. The molecule has 1 saturated heterocycles. The standard InChI is InChI=1S/C18H20FNO2S/c1-21-15-8-4-5-9-17(15)23-18(16-12-20-10-11-22-16)13-6-2-3-7-14(13)19/h2-9,16,18,20H,10-12H2,1H3/t16-,18-/m1/s1. The number of hydrogen-bond donors (Lipinski definition) is 1. The summed E-state index contributed by atoms with van der Waals surface area (Å²) in [7, 11) is 1.65. The van der Waals surface area contributed by atoms with Gasteiger partial charge in [-0.05, 0) is 18.2 Å². The largest absolute Gasteiger partial charge is 0.496 e. The SMILES string of the molecule is COc1ccccc1S[C@H](c1ccccc1F)[C@H]1CNCCO1. The molecule has 3 nitrogen and oxygen atoms in total. The van der Waals surface area contributed by atoms with E-state index in [-0.39, 0.29) is 17.2 Å². The van der Waals surface area contributed by atoms with E-state index in [1.165, 1.54) is 6.07 Å². The van der Waals surface area contributed by atoms with Crippen LogP contribution >= 0.6 is 11.8 Å². The van der Waals surface area contributed by atoms with E-state index in [1.54, 1.807) is 24.9 Å². The number of hydrogen-bond acceptors (Lipinski definition) is 4. The van der Waals surface area contributed by atoms with Crippen LogP contribution in [-0.4, -0.2) is 32.9 Å². The third-order valence-electron chi connectivity index (χ3n) is 3.83. The summed E-state index contributed by atoms with van der Waals surface area (Å²) >= 11 is 1.58. The van der Waals surface area contributed by atoms with Gasteiger partial charge in [0.25, 0.3) is 0 Å². The predicted octanol–water partition coefficient (Wildman–Crippen LogP) is 3.66. The molecule has 0 saturated carbocycles. The lowest BCUT2D eigenvalue weighted by molar-refractivity contribution is 0.0268. The minimum Gasteiger partial charge on any atom is -0.496 e. The fraction of sp³-hybridized carbons (Fsp3) is 0.333. The van der Waals surface area contributed by atoms with Crippen LogP contribution in [0.5, 0.6) is 5.75 Å². The number of thioether (sulfide) groups is 1. The number of ether oxygens (including phenoxy) is 2. The first-order valence-electron chi connectivity index (χ1n) is 7.66. The number of para-hydroxylation sites is 1. The summed E-state index contributed by atoms with van der Waals surface area (Å²) in [4.78, 5) is 0.984. The van der Waals surface area contributed by atoms with Crippen LogP contribution in [-0.2, 0) is 4.74 Å². The summed E-state index contributed by atoms with van der Waals surface area (Å²) in [5.74, 6) is 0.594. The van der Waals surface area contributed by atoms with Crippen LogP contribution in [0.25, 0.3) is 0 Å². The van der Waals surface area contributed by atoms with Crippen molar-refractivity contribution < 1.29 is 13.9 Å². The minimum absolute atomic E-state index is 0.0874. The molecule has 1 N–H and O–H groups in total. The predicted molar refractivity (Wildman–Crippen MR) is 90.6 cm³/mol. The molecule has 0 spiro atoms. The first-order valence-corrected chi connectivity index (χ1v) is 8.54. The zero-order valence-corrected chi connectivity index (χ0v) is 13.8. The van der Waals surface area contributed by atoms with E-state index in [2.05, 4.69) is 5.32 Å². The summed E-state index contributed by atoms with van der Waals surface area (Å²) in [6.45, 7) is 2.18. The molecule has 23 heavy (non-hydrogen) atoms. The molecule has 0 unspecified atom stereocenters. The molecule has 1 heterocycles. The van der Waals surface area contributed by atoms with Gasteiger partial charge in [0.2, 0.25) is 0 Å². The second-order valence-electron chi connectivity index (χ2n) is 5.32. The Kier molecular flexibility index (Phi) is 5.54. The van der Waals surface area contributed by atoms with Gasteiger partial charge in [0.1, 0.15) is 11.6 Å². The van der Waals surface area contributed by atoms with Crippen LogP contribution < -0.4 is 10.1 Å². The second kappa shape index (κ2) is 7.81. The molecule has 2 atom stereocenters. The Morgan fingerprint density at radius 1 is 1.22 bits per heavy atom. The Hall–Kier alpha value is -1.56. The lowest BCUT2D eigenvalue weighted by Gasteiger charge is -2.31. The quantitative estimate of drug-likeness (QED) is 0.846. The Balaban J connectivity index is 1.93. The van der Waals surface area contributed by atoms with E-state index >= 15 is 0 Å². The Morgan fingerprint density at radius 2 is 2.00 bits per heavy atom. The van der Waals surface area contributed by atoms with Crippen molar-refractivity contribution in [3.8, 4) is 5.75 Å². The van der Waals surface area contributed by atoms with Gasteiger partial charge in [-0.3, -0.25) is 0 Å². The topological polar surface area (TPSA) is 30.5 Å². The molecule has 0 amide bonds. The van der Waals surface area contributed by atoms with E-state index < -0.39 is 0 Å². The highest BCUT2D eigenvalue weighted by Gasteiger charge is 2.29. The third-order valence-corrected chi connectivity index (χ3v) is 5.23. The highest BCUT2D eigenvalue weighted by molar-refractivity contribution is 7.99. The molecule has 1 fully saturated rings. The molecule has 5 heteroatoms. The molecule has 1 aliphatic rings. The van der Waals surface area contributed by atoms with Crippen molar-refractivity contribution in [2.45, 2.75) is 16.2 Å². The molecule has 1 aliphatic heterocycles. The first kappa shape index (κ1) is 16.3. The molecular formula is C18H20FNO2S. The average molecular weight is 333 g/mol. The molecular weight excluding hydrogens is 313 g/mol. The zero-order chi connectivity index (χ0) is 16.1. The maximum Gasteiger partial charge on any atom is 0.132 e. The Bertz CT molecular complexity index is 646. The van der Waals surface area contributed by atoms with Crippen LogP contribution in [0.2, 0.25) is 0 Å². The van der Waals surface area contributed by atoms with Crippen molar-refractivity contribution in [1.82, 2.24) is 5.32 Å². The fourth-order valence-electron chi connectivity index (χ4n) is 2.68. The van der Waals surface area contributed by atoms with Crippen LogP contribution in [0.4, 0.5) is 4.39 Å². The van der Waals surface area contributed by atoms with E-state index in [4.69, 9.17) is 9.47 Å². The maximum absolute atomic E-state index is 14.4. The minimum atomic E-state index is -0.200. The summed E-state index contributed by atoms with van der Waals surface area (Å²) in [5, 5.41) is 3.19. The highest BCUT2D eigenvalue weighted by Crippen LogP contribution is 2.43. The number of nitrogens with one attached hydrogen (secondary N) is 1. The van der Waals surface area contributed by atoms with Crippen molar-refractivity contribution in [1.29, 1.82) is 0 Å². The number of rotatable bonds is 5. The van der Waals surface area contributed by atoms with Gasteiger partial charge in [0.15, 0.2) is 0 Å². The zero-order valence-electron chi connectivity index (χ0n) is 13.0. The molecule has 0 aliphatic carbocycles. The highest BCUT2D eigenvalue weighted by atomic mass is 32.2.